The molecule has 5 nitrogen and oxygen atoms in total. The molecule has 0 fully saturated rings. The van der Waals surface area contributed by atoms with Gasteiger partial charge in [0.05, 0.1) is 6.07 Å². The predicted molar refractivity (Wildman–Crippen MR) is 74.6 cm³/mol. The third-order valence-electron chi connectivity index (χ3n) is 2.61. The van der Waals surface area contributed by atoms with Crippen LogP contribution < -0.4 is 5.73 Å². The third kappa shape index (κ3) is 3.92. The van der Waals surface area contributed by atoms with Crippen LogP contribution >= 0.6 is 0 Å². The average Bonchev–Trinajstić information content (AvgIpc) is 2.36. The first-order chi connectivity index (χ1) is 9.28. The van der Waals surface area contributed by atoms with Gasteiger partial charge in [-0.3, -0.25) is 0 Å². The van der Waals surface area contributed by atoms with E-state index in [1.807, 2.05) is 19.9 Å². The van der Waals surface area contributed by atoms with Crippen LogP contribution in [0.5, 0.6) is 0 Å². The van der Waals surface area contributed by atoms with Gasteiger partial charge in [0, 0.05) is 25.2 Å². The number of hydrogen-bond donors (Lipinski definition) is 1. The summed E-state index contributed by atoms with van der Waals surface area (Å²) in [5.41, 5.74) is 5.70. The van der Waals surface area contributed by atoms with Crippen LogP contribution in [-0.2, 0) is 10.0 Å². The van der Waals surface area contributed by atoms with E-state index in [4.69, 9.17) is 11.0 Å². The molecule has 0 unspecified atom stereocenters. The highest BCUT2D eigenvalue weighted by molar-refractivity contribution is 7.89. The summed E-state index contributed by atoms with van der Waals surface area (Å²) in [5, 5.41) is 8.62. The number of hydrogen-bond acceptors (Lipinski definition) is 4. The van der Waals surface area contributed by atoms with Gasteiger partial charge in [0.1, 0.15) is 10.7 Å². The number of sulfonamides is 1. The minimum atomic E-state index is -3.99. The number of nitrogens with zero attached hydrogens (tertiary/aromatic N) is 2. The second kappa shape index (κ2) is 6.68. The first kappa shape index (κ1) is 16.4. The number of halogens is 1. The van der Waals surface area contributed by atoms with E-state index in [-0.39, 0.29) is 31.1 Å². The molecule has 0 aromatic heterocycles. The van der Waals surface area contributed by atoms with Crippen molar-refractivity contribution in [1.82, 2.24) is 4.31 Å². The van der Waals surface area contributed by atoms with Gasteiger partial charge in [-0.25, -0.2) is 12.8 Å². The zero-order valence-electron chi connectivity index (χ0n) is 11.5. The molecule has 7 heteroatoms. The van der Waals surface area contributed by atoms with Crippen LogP contribution in [0.15, 0.2) is 23.1 Å². The summed E-state index contributed by atoms with van der Waals surface area (Å²) >= 11 is 0. The van der Waals surface area contributed by atoms with E-state index in [1.54, 1.807) is 0 Å². The third-order valence-corrected chi connectivity index (χ3v) is 4.50. The normalized spacial score (nSPS) is 11.8. The van der Waals surface area contributed by atoms with Crippen LogP contribution in [0.1, 0.15) is 20.3 Å². The van der Waals surface area contributed by atoms with Crippen molar-refractivity contribution < 1.29 is 12.8 Å². The zero-order chi connectivity index (χ0) is 15.3. The monoisotopic (exact) mass is 299 g/mol. The molecule has 0 bridgehead atoms. The van der Waals surface area contributed by atoms with Crippen molar-refractivity contribution in [2.45, 2.75) is 25.2 Å². The van der Waals surface area contributed by atoms with Gasteiger partial charge in [-0.1, -0.05) is 13.8 Å². The van der Waals surface area contributed by atoms with Crippen LogP contribution in [0.3, 0.4) is 0 Å². The van der Waals surface area contributed by atoms with Crippen molar-refractivity contribution in [2.75, 3.05) is 18.8 Å². The Morgan fingerprint density at radius 2 is 2.10 bits per heavy atom. The molecule has 0 radical (unpaired) electrons. The molecule has 0 aliphatic rings. The Morgan fingerprint density at radius 1 is 1.45 bits per heavy atom. The molecule has 0 saturated heterocycles. The highest BCUT2D eigenvalue weighted by Gasteiger charge is 2.27. The van der Waals surface area contributed by atoms with E-state index in [0.717, 1.165) is 16.4 Å². The van der Waals surface area contributed by atoms with Crippen molar-refractivity contribution in [3.05, 3.63) is 24.0 Å². The van der Waals surface area contributed by atoms with Crippen molar-refractivity contribution in [3.8, 4) is 6.07 Å². The van der Waals surface area contributed by atoms with E-state index < -0.39 is 20.7 Å². The largest absolute Gasteiger partial charge is 0.399 e. The van der Waals surface area contributed by atoms with Gasteiger partial charge in [-0.05, 0) is 24.1 Å². The highest BCUT2D eigenvalue weighted by Crippen LogP contribution is 2.22. The maximum absolute atomic E-state index is 13.8. The van der Waals surface area contributed by atoms with Crippen LogP contribution in [0.2, 0.25) is 0 Å². The molecule has 0 aliphatic carbocycles. The fourth-order valence-corrected chi connectivity index (χ4v) is 3.45. The van der Waals surface area contributed by atoms with Crippen molar-refractivity contribution in [2.24, 2.45) is 5.92 Å². The van der Waals surface area contributed by atoms with E-state index in [9.17, 15) is 12.8 Å². The minimum absolute atomic E-state index is 0.0330. The molecule has 20 heavy (non-hydrogen) atoms. The van der Waals surface area contributed by atoms with Gasteiger partial charge in [-0.2, -0.15) is 9.57 Å². The Hall–Kier alpha value is -1.65. The average molecular weight is 299 g/mol. The number of nitrogens with two attached hydrogens (primary N) is 1. The lowest BCUT2D eigenvalue weighted by Crippen LogP contribution is -2.35. The maximum Gasteiger partial charge on any atom is 0.246 e. The topological polar surface area (TPSA) is 87.2 Å². The fourth-order valence-electron chi connectivity index (χ4n) is 1.75. The summed E-state index contributed by atoms with van der Waals surface area (Å²) in [6.07, 6.45) is 0.0515. The lowest BCUT2D eigenvalue weighted by atomic mass is 10.2. The summed E-state index contributed by atoms with van der Waals surface area (Å²) in [5.74, 6) is -0.780. The second-order valence-electron chi connectivity index (χ2n) is 4.85. The van der Waals surface area contributed by atoms with Crippen LogP contribution in [0.25, 0.3) is 0 Å². The number of anilines is 1. The maximum atomic E-state index is 13.8. The quantitative estimate of drug-likeness (QED) is 0.813. The van der Waals surface area contributed by atoms with Crippen molar-refractivity contribution in [3.63, 3.8) is 0 Å². The molecule has 0 aliphatic heterocycles. The summed E-state index contributed by atoms with van der Waals surface area (Å²) in [7, 11) is -3.99. The molecule has 0 amide bonds. The molecule has 110 valence electrons. The molecule has 0 saturated carbocycles. The summed E-state index contributed by atoms with van der Waals surface area (Å²) in [6, 6.07) is 5.33. The van der Waals surface area contributed by atoms with Crippen LogP contribution in [-0.4, -0.2) is 25.8 Å². The molecule has 2 N–H and O–H groups in total. The smallest absolute Gasteiger partial charge is 0.246 e. The van der Waals surface area contributed by atoms with Gasteiger partial charge in [0.15, 0.2) is 0 Å². The molecule has 1 aromatic carbocycles. The standard InChI is InChI=1S/C13H18FN3O2S/c1-10(2)9-17(7-3-6-15)20(18,19)13-8-11(16)4-5-12(13)14/h4-5,8,10H,3,7,9,16H2,1-2H3. The van der Waals surface area contributed by atoms with Crippen LogP contribution in [0, 0.1) is 23.1 Å². The van der Waals surface area contributed by atoms with Gasteiger partial charge in [-0.15, -0.1) is 0 Å². The second-order valence-corrected chi connectivity index (χ2v) is 6.76. The molecule has 0 atom stereocenters. The zero-order valence-corrected chi connectivity index (χ0v) is 12.3. The number of nitrogen functional groups attached to an aromatic ring is 1. The Bertz CT molecular complexity index is 609. The lowest BCUT2D eigenvalue weighted by Gasteiger charge is -2.23. The fraction of sp³-hybridized carbons (Fsp3) is 0.462. The van der Waals surface area contributed by atoms with Gasteiger partial charge in [0.2, 0.25) is 10.0 Å². The highest BCUT2D eigenvalue weighted by atomic mass is 32.2. The van der Waals surface area contributed by atoms with Crippen molar-refractivity contribution in [1.29, 1.82) is 5.26 Å². The Kier molecular flexibility index (Phi) is 5.48. The Labute approximate surface area is 118 Å². The number of nitriles is 1. The Morgan fingerprint density at radius 3 is 2.65 bits per heavy atom. The van der Waals surface area contributed by atoms with Gasteiger partial charge < -0.3 is 5.73 Å². The van der Waals surface area contributed by atoms with Gasteiger partial charge >= 0.3 is 0 Å². The molecule has 1 rings (SSSR count). The molecule has 0 spiro atoms. The van der Waals surface area contributed by atoms with Crippen molar-refractivity contribution >= 4 is 15.7 Å². The van der Waals surface area contributed by atoms with E-state index >= 15 is 0 Å². The molecular formula is C13H18FN3O2S. The molecule has 1 aromatic rings. The summed E-state index contributed by atoms with van der Waals surface area (Å²) in [6.45, 7) is 3.96. The van der Waals surface area contributed by atoms with Crippen LogP contribution in [0.4, 0.5) is 10.1 Å². The van der Waals surface area contributed by atoms with E-state index in [1.165, 1.54) is 6.07 Å². The number of rotatable bonds is 6. The predicted octanol–water partition coefficient (Wildman–Crippen LogP) is 1.97. The van der Waals surface area contributed by atoms with Gasteiger partial charge in [0.25, 0.3) is 0 Å². The first-order valence-electron chi connectivity index (χ1n) is 6.21. The summed E-state index contributed by atoms with van der Waals surface area (Å²) < 4.78 is 39.8. The first-order valence-corrected chi connectivity index (χ1v) is 7.65. The number of benzene rings is 1. The minimum Gasteiger partial charge on any atom is -0.399 e. The van der Waals surface area contributed by atoms with E-state index in [0.29, 0.717) is 0 Å². The SMILES string of the molecule is CC(C)CN(CCC#N)S(=O)(=O)c1cc(N)ccc1F. The van der Waals surface area contributed by atoms with E-state index in [2.05, 4.69) is 0 Å². The Balaban J connectivity index is 3.21. The molecule has 0 heterocycles. The molecular weight excluding hydrogens is 281 g/mol. The lowest BCUT2D eigenvalue weighted by molar-refractivity contribution is 0.370. The summed E-state index contributed by atoms with van der Waals surface area (Å²) in [4.78, 5) is -0.448.